The lowest BCUT2D eigenvalue weighted by Crippen LogP contribution is -2.44. The van der Waals surface area contributed by atoms with Crippen LogP contribution >= 0.6 is 11.3 Å². The van der Waals surface area contributed by atoms with E-state index < -0.39 is 11.1 Å². The Labute approximate surface area is 131 Å². The number of nitrogens with zero attached hydrogens (tertiary/aromatic N) is 3. The van der Waals surface area contributed by atoms with Crippen molar-refractivity contribution in [3.05, 3.63) is 11.1 Å². The van der Waals surface area contributed by atoms with Crippen LogP contribution in [0.25, 0.3) is 0 Å². The van der Waals surface area contributed by atoms with E-state index in [4.69, 9.17) is 4.74 Å². The predicted molar refractivity (Wildman–Crippen MR) is 79.3 cm³/mol. The van der Waals surface area contributed by atoms with E-state index in [9.17, 15) is 13.2 Å². The summed E-state index contributed by atoms with van der Waals surface area (Å²) in [6.07, 6.45) is -1.20. The molecular formula is C14H20F3N3OS. The van der Waals surface area contributed by atoms with E-state index in [2.05, 4.69) is 9.88 Å². The third kappa shape index (κ3) is 3.91. The first-order chi connectivity index (χ1) is 10.5. The minimum Gasteiger partial charge on any atom is -0.379 e. The quantitative estimate of drug-likeness (QED) is 0.849. The molecule has 0 saturated carbocycles. The first-order valence-electron chi connectivity index (χ1n) is 7.60. The smallest absolute Gasteiger partial charge is 0.379 e. The van der Waals surface area contributed by atoms with Gasteiger partial charge in [0.05, 0.1) is 19.4 Å². The van der Waals surface area contributed by atoms with Crippen LogP contribution in [0.4, 0.5) is 18.3 Å². The summed E-state index contributed by atoms with van der Waals surface area (Å²) in [5, 5.41) is 0.499. The molecule has 0 amide bonds. The maximum absolute atomic E-state index is 12.7. The highest BCUT2D eigenvalue weighted by atomic mass is 32.1. The van der Waals surface area contributed by atoms with Crippen LogP contribution in [-0.4, -0.2) is 55.8 Å². The minimum absolute atomic E-state index is 0.491. The number of anilines is 1. The molecule has 1 aromatic rings. The van der Waals surface area contributed by atoms with Gasteiger partial charge in [-0.2, -0.15) is 13.2 Å². The average Bonchev–Trinajstić information content (AvgIpc) is 2.99. The molecule has 1 aromatic heterocycles. The van der Waals surface area contributed by atoms with Crippen molar-refractivity contribution in [3.63, 3.8) is 0 Å². The molecule has 2 aliphatic rings. The van der Waals surface area contributed by atoms with Gasteiger partial charge in [0, 0.05) is 32.7 Å². The van der Waals surface area contributed by atoms with Gasteiger partial charge in [0.2, 0.25) is 0 Å². The molecule has 2 fully saturated rings. The molecule has 8 heteroatoms. The van der Waals surface area contributed by atoms with Crippen molar-refractivity contribution < 1.29 is 17.9 Å². The molecule has 0 radical (unpaired) electrons. The Morgan fingerprint density at radius 1 is 1.27 bits per heavy atom. The molecule has 0 aromatic carbocycles. The van der Waals surface area contributed by atoms with Gasteiger partial charge in [-0.15, -0.1) is 0 Å². The number of piperidine rings is 1. The maximum Gasteiger partial charge on any atom is 0.427 e. The molecular weight excluding hydrogens is 315 g/mol. The Hall–Kier alpha value is -0.860. The molecule has 2 saturated heterocycles. The zero-order valence-electron chi connectivity index (χ0n) is 12.3. The number of aromatic nitrogens is 1. The van der Waals surface area contributed by atoms with Crippen molar-refractivity contribution >= 4 is 16.5 Å². The van der Waals surface area contributed by atoms with Gasteiger partial charge >= 0.3 is 6.18 Å². The molecule has 1 atom stereocenters. The molecule has 0 bridgehead atoms. The summed E-state index contributed by atoms with van der Waals surface area (Å²) in [5.74, 6) is 0.491. The summed E-state index contributed by atoms with van der Waals surface area (Å²) >= 11 is 0.751. The van der Waals surface area contributed by atoms with Crippen LogP contribution in [0.3, 0.4) is 0 Å². The fourth-order valence-corrected chi connectivity index (χ4v) is 3.90. The van der Waals surface area contributed by atoms with Crippen molar-refractivity contribution in [2.24, 2.45) is 5.92 Å². The number of hydrogen-bond acceptors (Lipinski definition) is 5. The summed E-state index contributed by atoms with van der Waals surface area (Å²) in [7, 11) is 0. The fraction of sp³-hybridized carbons (Fsp3) is 0.786. The van der Waals surface area contributed by atoms with Crippen LogP contribution in [0, 0.1) is 5.92 Å². The summed E-state index contributed by atoms with van der Waals surface area (Å²) in [4.78, 5) is 7.76. The van der Waals surface area contributed by atoms with Crippen molar-refractivity contribution in [2.75, 3.05) is 50.8 Å². The second-order valence-corrected chi connectivity index (χ2v) is 6.88. The van der Waals surface area contributed by atoms with E-state index in [0.717, 1.165) is 76.3 Å². The number of hydrogen-bond donors (Lipinski definition) is 0. The van der Waals surface area contributed by atoms with Crippen LogP contribution in [-0.2, 0) is 10.9 Å². The highest BCUT2D eigenvalue weighted by Crippen LogP contribution is 2.37. The van der Waals surface area contributed by atoms with Crippen LogP contribution in [0.2, 0.25) is 0 Å². The Morgan fingerprint density at radius 2 is 2.05 bits per heavy atom. The van der Waals surface area contributed by atoms with E-state index in [0.29, 0.717) is 11.0 Å². The molecule has 3 heterocycles. The molecule has 0 N–H and O–H groups in total. The first kappa shape index (κ1) is 16.0. The number of halogens is 3. The average molecular weight is 335 g/mol. The van der Waals surface area contributed by atoms with E-state index in [1.165, 1.54) is 0 Å². The molecule has 4 nitrogen and oxygen atoms in total. The number of alkyl halides is 3. The lowest BCUT2D eigenvalue weighted by Gasteiger charge is -2.36. The summed E-state index contributed by atoms with van der Waals surface area (Å²) < 4.78 is 43.4. The predicted octanol–water partition coefficient (Wildman–Crippen LogP) is 2.71. The lowest BCUT2D eigenvalue weighted by atomic mass is 9.97. The van der Waals surface area contributed by atoms with Crippen molar-refractivity contribution in [1.29, 1.82) is 0 Å². The molecule has 22 heavy (non-hydrogen) atoms. The Kier molecular flexibility index (Phi) is 4.89. The van der Waals surface area contributed by atoms with Gasteiger partial charge in [-0.1, -0.05) is 11.3 Å². The molecule has 3 rings (SSSR count). The molecule has 2 aliphatic heterocycles. The number of thiazole rings is 1. The maximum atomic E-state index is 12.7. The van der Waals surface area contributed by atoms with Crippen LogP contribution in [0.5, 0.6) is 0 Å². The third-order valence-electron chi connectivity index (χ3n) is 4.18. The van der Waals surface area contributed by atoms with Crippen LogP contribution in [0.15, 0.2) is 6.20 Å². The van der Waals surface area contributed by atoms with Gasteiger partial charge in [-0.3, -0.25) is 4.90 Å². The highest BCUT2D eigenvalue weighted by Gasteiger charge is 2.34. The highest BCUT2D eigenvalue weighted by molar-refractivity contribution is 7.15. The second-order valence-electron chi connectivity index (χ2n) is 5.87. The SMILES string of the molecule is FC(F)(F)c1cnc(N2CCCC(CN3CCOCC3)C2)s1. The molecule has 0 aliphatic carbocycles. The minimum atomic E-state index is -4.29. The standard InChI is InChI=1S/C14H20F3N3OS/c15-14(16,17)12-8-18-13(22-12)20-3-1-2-11(10-20)9-19-4-6-21-7-5-19/h8,11H,1-7,9-10H2. The third-order valence-corrected chi connectivity index (χ3v) is 5.29. The molecule has 124 valence electrons. The monoisotopic (exact) mass is 335 g/mol. The van der Waals surface area contributed by atoms with Gasteiger partial charge in [0.25, 0.3) is 0 Å². The van der Waals surface area contributed by atoms with Gasteiger partial charge < -0.3 is 9.64 Å². The topological polar surface area (TPSA) is 28.6 Å². The van der Waals surface area contributed by atoms with Crippen LogP contribution in [0.1, 0.15) is 17.7 Å². The number of rotatable bonds is 3. The summed E-state index contributed by atoms with van der Waals surface area (Å²) in [6.45, 7) is 6.04. The van der Waals surface area contributed by atoms with Crippen molar-refractivity contribution in [3.8, 4) is 0 Å². The first-order valence-corrected chi connectivity index (χ1v) is 8.42. The van der Waals surface area contributed by atoms with E-state index in [1.807, 2.05) is 4.90 Å². The number of morpholine rings is 1. The van der Waals surface area contributed by atoms with Gasteiger partial charge in [-0.25, -0.2) is 4.98 Å². The normalized spacial score (nSPS) is 24.7. The second kappa shape index (κ2) is 6.72. The van der Waals surface area contributed by atoms with Crippen molar-refractivity contribution in [2.45, 2.75) is 19.0 Å². The molecule has 1 unspecified atom stereocenters. The van der Waals surface area contributed by atoms with Gasteiger partial charge in [-0.05, 0) is 18.8 Å². The van der Waals surface area contributed by atoms with Crippen molar-refractivity contribution in [1.82, 2.24) is 9.88 Å². The van der Waals surface area contributed by atoms with Gasteiger partial charge in [0.1, 0.15) is 4.88 Å². The summed E-state index contributed by atoms with van der Waals surface area (Å²) in [6, 6.07) is 0. The lowest BCUT2D eigenvalue weighted by molar-refractivity contribution is -0.134. The van der Waals surface area contributed by atoms with E-state index in [1.54, 1.807) is 0 Å². The Bertz CT molecular complexity index is 488. The largest absolute Gasteiger partial charge is 0.427 e. The van der Waals surface area contributed by atoms with Gasteiger partial charge in [0.15, 0.2) is 5.13 Å². The Balaban J connectivity index is 1.59. The number of ether oxygens (including phenoxy) is 1. The Morgan fingerprint density at radius 3 is 2.73 bits per heavy atom. The zero-order valence-corrected chi connectivity index (χ0v) is 13.1. The fourth-order valence-electron chi connectivity index (χ4n) is 3.08. The van der Waals surface area contributed by atoms with E-state index >= 15 is 0 Å². The summed E-state index contributed by atoms with van der Waals surface area (Å²) in [5.41, 5.74) is 0. The van der Waals surface area contributed by atoms with E-state index in [-0.39, 0.29) is 0 Å². The molecule has 0 spiro atoms. The van der Waals surface area contributed by atoms with Crippen LogP contribution < -0.4 is 4.90 Å². The zero-order chi connectivity index (χ0) is 15.6.